The van der Waals surface area contributed by atoms with Crippen LogP contribution in [-0.2, 0) is 7.05 Å². The van der Waals surface area contributed by atoms with Gasteiger partial charge in [-0.2, -0.15) is 0 Å². The first-order valence-corrected chi connectivity index (χ1v) is 6.08. The van der Waals surface area contributed by atoms with E-state index in [1.165, 1.54) is 18.2 Å². The van der Waals surface area contributed by atoms with Crippen LogP contribution in [0.1, 0.15) is 10.5 Å². The number of carbonyl (C=O) groups excluding carboxylic acids is 1. The van der Waals surface area contributed by atoms with Gasteiger partial charge in [0, 0.05) is 19.3 Å². The fourth-order valence-electron chi connectivity index (χ4n) is 1.75. The van der Waals surface area contributed by atoms with E-state index in [0.29, 0.717) is 5.69 Å². The molecule has 1 aromatic heterocycles. The lowest BCUT2D eigenvalue weighted by Gasteiger charge is -2.08. The molecule has 2 rings (SSSR count). The molecule has 0 bridgehead atoms. The second-order valence-corrected chi connectivity index (χ2v) is 4.47. The average molecular weight is 295 g/mol. The van der Waals surface area contributed by atoms with E-state index in [1.54, 1.807) is 29.9 Å². The second kappa shape index (κ2) is 5.75. The summed E-state index contributed by atoms with van der Waals surface area (Å²) in [5.74, 6) is -0.381. The Morgan fingerprint density at radius 3 is 2.75 bits per heavy atom. The number of ether oxygens (including phenoxy) is 1. The maximum Gasteiger partial charge on any atom is 0.312 e. The standard InChI is InChI=1S/C13H11ClN2O4/c1-15-7-3-6-10(15)12(17)8-20-13-9(14)4-2-5-11(13)16(18)19/h2-7H,8H2,1H3. The van der Waals surface area contributed by atoms with Crippen LogP contribution in [0.5, 0.6) is 5.75 Å². The molecule has 0 aliphatic carbocycles. The van der Waals surface area contributed by atoms with Crippen LogP contribution in [0.2, 0.25) is 5.02 Å². The number of aromatic nitrogens is 1. The van der Waals surface area contributed by atoms with E-state index in [0.717, 1.165) is 0 Å². The van der Waals surface area contributed by atoms with Crippen LogP contribution in [0.3, 0.4) is 0 Å². The molecule has 2 aromatic rings. The molecule has 0 fully saturated rings. The molecule has 0 spiro atoms. The summed E-state index contributed by atoms with van der Waals surface area (Å²) in [6.45, 7) is -0.317. The van der Waals surface area contributed by atoms with Crippen LogP contribution in [0, 0.1) is 10.1 Å². The van der Waals surface area contributed by atoms with Gasteiger partial charge in [0.05, 0.1) is 15.6 Å². The van der Waals surface area contributed by atoms with Gasteiger partial charge in [-0.25, -0.2) is 0 Å². The molecule has 0 aliphatic heterocycles. The van der Waals surface area contributed by atoms with Crippen LogP contribution in [0.15, 0.2) is 36.5 Å². The predicted molar refractivity (Wildman–Crippen MR) is 73.3 cm³/mol. The molecule has 6 nitrogen and oxygen atoms in total. The fraction of sp³-hybridized carbons (Fsp3) is 0.154. The van der Waals surface area contributed by atoms with Crippen molar-refractivity contribution in [1.29, 1.82) is 0 Å². The number of Topliss-reactive ketones (excluding diaryl/α,β-unsaturated/α-hetero) is 1. The van der Waals surface area contributed by atoms with Crippen molar-refractivity contribution in [3.63, 3.8) is 0 Å². The third-order valence-electron chi connectivity index (χ3n) is 2.72. The maximum atomic E-state index is 11.9. The number of hydrogen-bond acceptors (Lipinski definition) is 4. The van der Waals surface area contributed by atoms with Gasteiger partial charge in [-0.3, -0.25) is 14.9 Å². The van der Waals surface area contributed by atoms with Crippen molar-refractivity contribution in [2.24, 2.45) is 7.05 Å². The molecule has 0 saturated carbocycles. The highest BCUT2D eigenvalue weighted by Gasteiger charge is 2.20. The van der Waals surface area contributed by atoms with Crippen LogP contribution >= 0.6 is 11.6 Å². The number of benzene rings is 1. The molecule has 0 radical (unpaired) electrons. The van der Waals surface area contributed by atoms with Gasteiger partial charge in [0.1, 0.15) is 0 Å². The van der Waals surface area contributed by atoms with Gasteiger partial charge in [-0.15, -0.1) is 0 Å². The van der Waals surface area contributed by atoms with Gasteiger partial charge in [0.2, 0.25) is 11.5 Å². The van der Waals surface area contributed by atoms with Crippen LogP contribution < -0.4 is 4.74 Å². The van der Waals surface area contributed by atoms with E-state index in [9.17, 15) is 14.9 Å². The SMILES string of the molecule is Cn1cccc1C(=O)COc1c(Cl)cccc1[N+](=O)[O-]. The van der Waals surface area contributed by atoms with Gasteiger partial charge in [0.15, 0.2) is 6.61 Å². The van der Waals surface area contributed by atoms with E-state index >= 15 is 0 Å². The zero-order valence-electron chi connectivity index (χ0n) is 10.6. The smallest absolute Gasteiger partial charge is 0.312 e. The summed E-state index contributed by atoms with van der Waals surface area (Å²) in [6, 6.07) is 7.56. The number of nitro groups is 1. The van der Waals surface area contributed by atoms with Crippen molar-refractivity contribution in [2.45, 2.75) is 0 Å². The topological polar surface area (TPSA) is 74.4 Å². The number of halogens is 1. The largest absolute Gasteiger partial charge is 0.477 e. The minimum absolute atomic E-state index is 0.0956. The summed E-state index contributed by atoms with van der Waals surface area (Å²) in [5.41, 5.74) is 0.192. The maximum absolute atomic E-state index is 11.9. The first kappa shape index (κ1) is 14.1. The normalized spacial score (nSPS) is 10.3. The van der Waals surface area contributed by atoms with Gasteiger partial charge in [0.25, 0.3) is 0 Å². The first-order chi connectivity index (χ1) is 9.50. The molecule has 0 aliphatic rings. The van der Waals surface area contributed by atoms with E-state index < -0.39 is 4.92 Å². The Labute approximate surface area is 119 Å². The quantitative estimate of drug-likeness (QED) is 0.483. The molecule has 0 saturated heterocycles. The highest BCUT2D eigenvalue weighted by atomic mass is 35.5. The minimum Gasteiger partial charge on any atom is -0.477 e. The van der Waals surface area contributed by atoms with Crippen molar-refractivity contribution in [2.75, 3.05) is 6.61 Å². The summed E-state index contributed by atoms with van der Waals surface area (Å²) in [7, 11) is 1.73. The number of rotatable bonds is 5. The van der Waals surface area contributed by atoms with E-state index in [4.69, 9.17) is 16.3 Å². The molecule has 20 heavy (non-hydrogen) atoms. The molecule has 7 heteroatoms. The van der Waals surface area contributed by atoms with Gasteiger partial charge < -0.3 is 9.30 Å². The van der Waals surface area contributed by atoms with Crippen molar-refractivity contribution in [3.05, 3.63) is 57.4 Å². The zero-order valence-corrected chi connectivity index (χ0v) is 11.3. The summed E-state index contributed by atoms with van der Waals surface area (Å²) in [6.07, 6.45) is 1.73. The highest BCUT2D eigenvalue weighted by molar-refractivity contribution is 6.32. The molecular formula is C13H11ClN2O4. The lowest BCUT2D eigenvalue weighted by Crippen LogP contribution is -2.15. The molecule has 1 aromatic carbocycles. The fourth-order valence-corrected chi connectivity index (χ4v) is 1.97. The molecule has 0 unspecified atom stereocenters. The first-order valence-electron chi connectivity index (χ1n) is 5.71. The second-order valence-electron chi connectivity index (χ2n) is 4.06. The van der Waals surface area contributed by atoms with Crippen molar-refractivity contribution < 1.29 is 14.5 Å². The van der Waals surface area contributed by atoms with Crippen molar-refractivity contribution in [3.8, 4) is 5.75 Å². The lowest BCUT2D eigenvalue weighted by molar-refractivity contribution is -0.385. The summed E-state index contributed by atoms with van der Waals surface area (Å²) in [5, 5.41) is 11.0. The number of nitrogens with zero attached hydrogens (tertiary/aromatic N) is 2. The summed E-state index contributed by atoms with van der Waals surface area (Å²) in [4.78, 5) is 22.2. The van der Waals surface area contributed by atoms with E-state index in [-0.39, 0.29) is 28.8 Å². The number of hydrogen-bond donors (Lipinski definition) is 0. The monoisotopic (exact) mass is 294 g/mol. The Kier molecular flexibility index (Phi) is 4.05. The average Bonchev–Trinajstić information content (AvgIpc) is 2.83. The molecular weight excluding hydrogens is 284 g/mol. The Hall–Kier alpha value is -2.34. The zero-order chi connectivity index (χ0) is 14.7. The number of nitro benzene ring substituents is 1. The van der Waals surface area contributed by atoms with Gasteiger partial charge in [-0.1, -0.05) is 17.7 Å². The van der Waals surface area contributed by atoms with Crippen LogP contribution in [0.25, 0.3) is 0 Å². The molecule has 0 atom stereocenters. The Morgan fingerprint density at radius 1 is 1.40 bits per heavy atom. The lowest BCUT2D eigenvalue weighted by atomic mass is 10.3. The molecule has 1 heterocycles. The van der Waals surface area contributed by atoms with Crippen LogP contribution in [0.4, 0.5) is 5.69 Å². The Bertz CT molecular complexity index is 666. The predicted octanol–water partition coefficient (Wildman–Crippen LogP) is 2.85. The number of aryl methyl sites for hydroxylation is 1. The Balaban J connectivity index is 2.18. The molecule has 104 valence electrons. The third kappa shape index (κ3) is 2.80. The molecule has 0 amide bonds. The van der Waals surface area contributed by atoms with E-state index in [2.05, 4.69) is 0 Å². The summed E-state index contributed by atoms with van der Waals surface area (Å²) >= 11 is 5.87. The van der Waals surface area contributed by atoms with Crippen LogP contribution in [-0.4, -0.2) is 21.9 Å². The molecule has 0 N–H and O–H groups in total. The summed E-state index contributed by atoms with van der Waals surface area (Å²) < 4.78 is 6.88. The highest BCUT2D eigenvalue weighted by Crippen LogP contribution is 2.34. The third-order valence-corrected chi connectivity index (χ3v) is 3.02. The van der Waals surface area contributed by atoms with Crippen molar-refractivity contribution >= 4 is 23.1 Å². The minimum atomic E-state index is -0.603. The van der Waals surface area contributed by atoms with E-state index in [1.807, 2.05) is 0 Å². The van der Waals surface area contributed by atoms with Crippen molar-refractivity contribution in [1.82, 2.24) is 4.57 Å². The Morgan fingerprint density at radius 2 is 2.15 bits per heavy atom. The number of para-hydroxylation sites is 1. The van der Waals surface area contributed by atoms with Gasteiger partial charge in [-0.05, 0) is 18.2 Å². The van der Waals surface area contributed by atoms with Gasteiger partial charge >= 0.3 is 5.69 Å². The number of ketones is 1. The number of carbonyl (C=O) groups is 1.